The van der Waals surface area contributed by atoms with Crippen LogP contribution in [-0.4, -0.2) is 38.6 Å². The molecule has 0 spiro atoms. The van der Waals surface area contributed by atoms with Crippen LogP contribution in [0, 0.1) is 0 Å². The molecule has 0 fully saturated rings. The topological polar surface area (TPSA) is 80.9 Å². The fourth-order valence-electron chi connectivity index (χ4n) is 1.05. The van der Waals surface area contributed by atoms with Crippen LogP contribution >= 0.6 is 0 Å². The first kappa shape index (κ1) is 12.6. The third-order valence-corrected chi connectivity index (χ3v) is 2.46. The van der Waals surface area contributed by atoms with E-state index in [0.717, 1.165) is 0 Å². The molecule has 0 aromatic heterocycles. The van der Waals surface area contributed by atoms with E-state index >= 15 is 0 Å². The largest absolute Gasteiger partial charge is 0.461 e. The van der Waals surface area contributed by atoms with Gasteiger partial charge in [0.1, 0.15) is 0 Å². The van der Waals surface area contributed by atoms with Gasteiger partial charge in [-0.05, 0) is 20.8 Å². The lowest BCUT2D eigenvalue weighted by molar-refractivity contribution is -0.120. The molecule has 0 bridgehead atoms. The Hall–Kier alpha value is -0.355. The Morgan fingerprint density at radius 1 is 1.23 bits per heavy atom. The molecule has 0 aliphatic heterocycles. The molecule has 0 aliphatic rings. The van der Waals surface area contributed by atoms with Crippen LogP contribution in [0.5, 0.6) is 0 Å². The van der Waals surface area contributed by atoms with Crippen LogP contribution in [0.2, 0.25) is 5.82 Å². The Balaban J connectivity index is 4.88. The molecule has 5 heteroatoms. The van der Waals surface area contributed by atoms with Gasteiger partial charge in [-0.15, -0.1) is 6.58 Å². The maximum Gasteiger partial charge on any atom is 0.461 e. The molecule has 0 saturated carbocycles. The van der Waals surface area contributed by atoms with E-state index in [0.29, 0.717) is 0 Å². The lowest BCUT2D eigenvalue weighted by Crippen LogP contribution is -2.54. The predicted molar refractivity (Wildman–Crippen MR) is 51.1 cm³/mol. The molecule has 0 heterocycles. The van der Waals surface area contributed by atoms with Gasteiger partial charge in [-0.1, -0.05) is 6.08 Å². The van der Waals surface area contributed by atoms with Crippen molar-refractivity contribution in [3.8, 4) is 0 Å². The summed E-state index contributed by atoms with van der Waals surface area (Å²) >= 11 is 0. The Labute approximate surface area is 78.7 Å². The highest BCUT2D eigenvalue weighted by Gasteiger charge is 2.47. The molecule has 0 saturated heterocycles. The van der Waals surface area contributed by atoms with Crippen molar-refractivity contribution in [1.82, 2.24) is 0 Å². The summed E-state index contributed by atoms with van der Waals surface area (Å²) in [7, 11) is -1.74. The molecule has 0 aliphatic carbocycles. The summed E-state index contributed by atoms with van der Waals surface area (Å²) < 4.78 is 0. The van der Waals surface area contributed by atoms with Crippen molar-refractivity contribution in [1.29, 1.82) is 0 Å². The lowest BCUT2D eigenvalue weighted by Gasteiger charge is -2.40. The standard InChI is InChI=1S/C8H17BO4/c1-5-6(9(12)13)8(4,11)7(2,3)10/h5-6,10-13H,1H2,2-4H3. The van der Waals surface area contributed by atoms with E-state index < -0.39 is 24.1 Å². The summed E-state index contributed by atoms with van der Waals surface area (Å²) in [6, 6.07) is 0. The third kappa shape index (κ3) is 2.54. The smallest absolute Gasteiger partial charge is 0.427 e. The zero-order valence-corrected chi connectivity index (χ0v) is 8.23. The van der Waals surface area contributed by atoms with Gasteiger partial charge in [-0.2, -0.15) is 0 Å². The van der Waals surface area contributed by atoms with Crippen molar-refractivity contribution in [2.24, 2.45) is 0 Å². The number of rotatable bonds is 4. The fraction of sp³-hybridized carbons (Fsp3) is 0.750. The van der Waals surface area contributed by atoms with E-state index in [1.807, 2.05) is 0 Å². The lowest BCUT2D eigenvalue weighted by atomic mass is 9.59. The van der Waals surface area contributed by atoms with Crippen molar-refractivity contribution in [3.05, 3.63) is 12.7 Å². The normalized spacial score (nSPS) is 19.0. The van der Waals surface area contributed by atoms with Crippen LogP contribution < -0.4 is 0 Å². The molecule has 0 rings (SSSR count). The van der Waals surface area contributed by atoms with Crippen molar-refractivity contribution >= 4 is 7.12 Å². The first-order valence-electron chi connectivity index (χ1n) is 4.08. The average Bonchev–Trinajstić information content (AvgIpc) is 1.83. The van der Waals surface area contributed by atoms with Crippen LogP contribution in [0.1, 0.15) is 20.8 Å². The monoisotopic (exact) mass is 188 g/mol. The second-order valence-corrected chi connectivity index (χ2v) is 3.88. The zero-order valence-electron chi connectivity index (χ0n) is 8.23. The summed E-state index contributed by atoms with van der Waals surface area (Å²) in [6.45, 7) is 7.49. The van der Waals surface area contributed by atoms with Gasteiger partial charge in [0.15, 0.2) is 0 Å². The van der Waals surface area contributed by atoms with Crippen molar-refractivity contribution < 1.29 is 20.3 Å². The number of hydrogen-bond donors (Lipinski definition) is 4. The summed E-state index contributed by atoms with van der Waals surface area (Å²) in [6.07, 6.45) is 1.21. The summed E-state index contributed by atoms with van der Waals surface area (Å²) in [5.74, 6) is -0.993. The van der Waals surface area contributed by atoms with E-state index in [2.05, 4.69) is 6.58 Å². The molecule has 0 aromatic carbocycles. The molecule has 4 N–H and O–H groups in total. The molecule has 0 amide bonds. The van der Waals surface area contributed by atoms with Crippen LogP contribution in [0.15, 0.2) is 12.7 Å². The fourth-order valence-corrected chi connectivity index (χ4v) is 1.05. The molecular formula is C8H17BO4. The third-order valence-electron chi connectivity index (χ3n) is 2.46. The first-order valence-corrected chi connectivity index (χ1v) is 4.08. The molecule has 13 heavy (non-hydrogen) atoms. The maximum atomic E-state index is 9.84. The predicted octanol–water partition coefficient (Wildman–Crippen LogP) is -0.463. The molecule has 4 nitrogen and oxygen atoms in total. The SMILES string of the molecule is C=CC(B(O)O)C(C)(O)C(C)(C)O. The summed E-state index contributed by atoms with van der Waals surface area (Å²) in [5.41, 5.74) is -3.07. The molecule has 0 radical (unpaired) electrons. The quantitative estimate of drug-likeness (QED) is 0.355. The van der Waals surface area contributed by atoms with E-state index in [4.69, 9.17) is 10.0 Å². The second kappa shape index (κ2) is 3.80. The van der Waals surface area contributed by atoms with Crippen LogP contribution in [0.25, 0.3) is 0 Å². The molecule has 0 aromatic rings. The van der Waals surface area contributed by atoms with E-state index in [1.54, 1.807) is 0 Å². The molecule has 76 valence electrons. The van der Waals surface area contributed by atoms with Crippen molar-refractivity contribution in [2.45, 2.75) is 37.8 Å². The van der Waals surface area contributed by atoms with Gasteiger partial charge < -0.3 is 20.3 Å². The van der Waals surface area contributed by atoms with Crippen molar-refractivity contribution in [3.63, 3.8) is 0 Å². The Morgan fingerprint density at radius 2 is 1.62 bits per heavy atom. The van der Waals surface area contributed by atoms with Crippen LogP contribution in [0.3, 0.4) is 0 Å². The van der Waals surface area contributed by atoms with E-state index in [1.165, 1.54) is 26.8 Å². The zero-order chi connectivity index (χ0) is 10.9. The van der Waals surface area contributed by atoms with Gasteiger partial charge >= 0.3 is 7.12 Å². The second-order valence-electron chi connectivity index (χ2n) is 3.88. The maximum absolute atomic E-state index is 9.84. The Bertz CT molecular complexity index is 183. The molecule has 2 atom stereocenters. The summed E-state index contributed by atoms with van der Waals surface area (Å²) in [4.78, 5) is 0. The molecular weight excluding hydrogens is 171 g/mol. The van der Waals surface area contributed by atoms with Gasteiger partial charge in [0, 0.05) is 5.82 Å². The van der Waals surface area contributed by atoms with E-state index in [9.17, 15) is 10.2 Å². The minimum atomic E-state index is -1.74. The average molecular weight is 188 g/mol. The van der Waals surface area contributed by atoms with Crippen LogP contribution in [-0.2, 0) is 0 Å². The highest BCUT2D eigenvalue weighted by Crippen LogP contribution is 2.34. The minimum Gasteiger partial charge on any atom is -0.427 e. The van der Waals surface area contributed by atoms with Crippen molar-refractivity contribution in [2.75, 3.05) is 0 Å². The Morgan fingerprint density at radius 3 is 1.69 bits per heavy atom. The first-order chi connectivity index (χ1) is 5.64. The number of aliphatic hydroxyl groups is 2. The highest BCUT2D eigenvalue weighted by atomic mass is 16.4. The number of hydrogen-bond acceptors (Lipinski definition) is 4. The van der Waals surface area contributed by atoms with Gasteiger partial charge in [-0.3, -0.25) is 0 Å². The van der Waals surface area contributed by atoms with Gasteiger partial charge in [0.05, 0.1) is 11.2 Å². The van der Waals surface area contributed by atoms with E-state index in [-0.39, 0.29) is 0 Å². The molecule has 2 unspecified atom stereocenters. The van der Waals surface area contributed by atoms with Crippen LogP contribution in [0.4, 0.5) is 0 Å². The van der Waals surface area contributed by atoms with Gasteiger partial charge in [0.2, 0.25) is 0 Å². The minimum absolute atomic E-state index is 0.993. The van der Waals surface area contributed by atoms with Gasteiger partial charge in [0.25, 0.3) is 0 Å². The summed E-state index contributed by atoms with van der Waals surface area (Å²) in [5, 5.41) is 37.3. The van der Waals surface area contributed by atoms with Gasteiger partial charge in [-0.25, -0.2) is 0 Å². The highest BCUT2D eigenvalue weighted by molar-refractivity contribution is 6.44. The Kier molecular flexibility index (Phi) is 3.69.